The van der Waals surface area contributed by atoms with E-state index in [9.17, 15) is 18.4 Å². The van der Waals surface area contributed by atoms with E-state index >= 15 is 0 Å². The van der Waals surface area contributed by atoms with Crippen molar-refractivity contribution >= 4 is 17.5 Å². The first-order valence-corrected chi connectivity index (χ1v) is 8.95. The molecule has 2 heterocycles. The molecule has 0 unspecified atom stereocenters. The maximum Gasteiger partial charge on any atom is 0.313 e. The monoisotopic (exact) mass is 423 g/mol. The molecule has 1 saturated heterocycles. The maximum atomic E-state index is 14.2. The number of carbonyl (C=O) groups excluding carboxylic acids is 2. The molecule has 0 spiro atoms. The Morgan fingerprint density at radius 2 is 2.00 bits per heavy atom. The topological polar surface area (TPSA) is 135 Å². The number of nitrogens with one attached hydrogen (secondary N) is 2. The van der Waals surface area contributed by atoms with Gasteiger partial charge < -0.3 is 26.0 Å². The third-order valence-corrected chi connectivity index (χ3v) is 4.80. The Hall–Kier alpha value is -3.11. The van der Waals surface area contributed by atoms with Crippen LogP contribution in [0.25, 0.3) is 0 Å². The van der Waals surface area contributed by atoms with Gasteiger partial charge in [-0.15, -0.1) is 0 Å². The van der Waals surface area contributed by atoms with E-state index in [4.69, 9.17) is 15.2 Å². The second-order valence-corrected chi connectivity index (χ2v) is 7.44. The molecule has 0 saturated carbocycles. The molecule has 8 nitrogen and oxygen atoms in total. The predicted molar refractivity (Wildman–Crippen MR) is 101 cm³/mol. The van der Waals surface area contributed by atoms with E-state index in [1.165, 1.54) is 25.4 Å². The van der Waals surface area contributed by atoms with E-state index < -0.39 is 41.1 Å². The number of H-pyrrole nitrogens is 1. The lowest BCUT2D eigenvalue weighted by atomic mass is 9.86. The third-order valence-electron chi connectivity index (χ3n) is 4.80. The number of hydrogen-bond acceptors (Lipinski definition) is 5. The minimum absolute atomic E-state index is 0. The van der Waals surface area contributed by atoms with E-state index in [0.717, 1.165) is 6.07 Å². The first-order valence-electron chi connectivity index (χ1n) is 8.95. The van der Waals surface area contributed by atoms with Crippen LogP contribution in [0.5, 0.6) is 5.75 Å². The SMILES string of the molecule is COc1c([C@@H]2CC(C)(C)O[C@H]2C(=O)Nc2cc[nH+]c(C(N)=O)c2)ccc(F)c1F.[OH-]. The first kappa shape index (κ1) is 23.2. The Balaban J connectivity index is 0.00000320. The van der Waals surface area contributed by atoms with Crippen LogP contribution < -0.4 is 20.8 Å². The van der Waals surface area contributed by atoms with Crippen LogP contribution in [0.15, 0.2) is 30.5 Å². The normalized spacial score (nSPS) is 19.6. The Morgan fingerprint density at radius 3 is 2.63 bits per heavy atom. The summed E-state index contributed by atoms with van der Waals surface area (Å²) in [4.78, 5) is 26.9. The van der Waals surface area contributed by atoms with Crippen molar-refractivity contribution in [3.63, 3.8) is 0 Å². The number of carbonyl (C=O) groups is 2. The van der Waals surface area contributed by atoms with Crippen molar-refractivity contribution in [1.82, 2.24) is 0 Å². The van der Waals surface area contributed by atoms with Crippen LogP contribution in [0.3, 0.4) is 0 Å². The van der Waals surface area contributed by atoms with Gasteiger partial charge in [-0.05, 0) is 26.3 Å². The van der Waals surface area contributed by atoms with E-state index in [2.05, 4.69) is 10.3 Å². The predicted octanol–water partition coefficient (Wildman–Crippen LogP) is 2.00. The summed E-state index contributed by atoms with van der Waals surface area (Å²) in [7, 11) is 1.24. The van der Waals surface area contributed by atoms with Crippen LogP contribution in [0.1, 0.15) is 42.2 Å². The van der Waals surface area contributed by atoms with Crippen LogP contribution in [0.2, 0.25) is 0 Å². The van der Waals surface area contributed by atoms with E-state index in [-0.39, 0.29) is 16.9 Å². The molecule has 2 amide bonds. The van der Waals surface area contributed by atoms with Crippen molar-refractivity contribution in [2.24, 2.45) is 5.73 Å². The highest BCUT2D eigenvalue weighted by molar-refractivity contribution is 5.96. The summed E-state index contributed by atoms with van der Waals surface area (Å²) in [6.07, 6.45) is 0.872. The summed E-state index contributed by atoms with van der Waals surface area (Å²) in [6.45, 7) is 3.62. The molecule has 2 atom stereocenters. The lowest BCUT2D eigenvalue weighted by Gasteiger charge is -2.21. The Bertz CT molecular complexity index is 967. The van der Waals surface area contributed by atoms with Crippen molar-refractivity contribution in [3.8, 4) is 5.75 Å². The van der Waals surface area contributed by atoms with Crippen LogP contribution in [-0.2, 0) is 9.53 Å². The van der Waals surface area contributed by atoms with Crippen molar-refractivity contribution in [2.75, 3.05) is 12.4 Å². The van der Waals surface area contributed by atoms with Gasteiger partial charge in [0.05, 0.1) is 18.4 Å². The van der Waals surface area contributed by atoms with E-state index in [0.29, 0.717) is 17.7 Å². The number of aromatic nitrogens is 1. The average molecular weight is 423 g/mol. The zero-order chi connectivity index (χ0) is 21.3. The average Bonchev–Trinajstić information content (AvgIpc) is 2.99. The largest absolute Gasteiger partial charge is 0.870 e. The number of benzene rings is 1. The number of hydrogen-bond donors (Lipinski definition) is 2. The molecule has 2 aromatic rings. The zero-order valence-electron chi connectivity index (χ0n) is 16.7. The number of halogens is 2. The number of nitrogens with two attached hydrogens (primary N) is 1. The van der Waals surface area contributed by atoms with E-state index in [1.807, 2.05) is 13.8 Å². The zero-order valence-corrected chi connectivity index (χ0v) is 16.7. The molecule has 162 valence electrons. The quantitative estimate of drug-likeness (QED) is 0.758. The van der Waals surface area contributed by atoms with Crippen LogP contribution in [0, 0.1) is 11.6 Å². The third kappa shape index (κ3) is 4.55. The number of aromatic amines is 1. The van der Waals surface area contributed by atoms with Gasteiger partial charge in [-0.25, -0.2) is 9.37 Å². The van der Waals surface area contributed by atoms with Crippen molar-refractivity contribution in [3.05, 3.63) is 53.4 Å². The summed E-state index contributed by atoms with van der Waals surface area (Å²) < 4.78 is 38.8. The number of methoxy groups -OCH3 is 1. The molecule has 30 heavy (non-hydrogen) atoms. The molecule has 0 radical (unpaired) electrons. The molecular weight excluding hydrogens is 400 g/mol. The molecule has 1 aliphatic heterocycles. The van der Waals surface area contributed by atoms with Crippen LogP contribution >= 0.6 is 0 Å². The van der Waals surface area contributed by atoms with Gasteiger partial charge in [0.15, 0.2) is 17.8 Å². The molecule has 1 aromatic heterocycles. The second-order valence-electron chi connectivity index (χ2n) is 7.44. The molecule has 1 fully saturated rings. The van der Waals surface area contributed by atoms with Crippen LogP contribution in [-0.4, -0.2) is 36.1 Å². The highest BCUT2D eigenvalue weighted by atomic mass is 19.2. The number of amides is 2. The fourth-order valence-electron chi connectivity index (χ4n) is 3.57. The minimum Gasteiger partial charge on any atom is -0.870 e. The summed E-state index contributed by atoms with van der Waals surface area (Å²) in [5.41, 5.74) is 5.37. The van der Waals surface area contributed by atoms with Gasteiger partial charge in [0, 0.05) is 23.6 Å². The lowest BCUT2D eigenvalue weighted by molar-refractivity contribution is -0.381. The lowest BCUT2D eigenvalue weighted by Crippen LogP contribution is -2.33. The Labute approximate surface area is 171 Å². The van der Waals surface area contributed by atoms with Gasteiger partial charge >= 0.3 is 5.91 Å². The number of primary amides is 1. The van der Waals surface area contributed by atoms with Crippen LogP contribution in [0.4, 0.5) is 14.5 Å². The van der Waals surface area contributed by atoms with Crippen molar-refractivity contribution in [2.45, 2.75) is 37.9 Å². The number of rotatable bonds is 5. The fraction of sp³-hybridized carbons (Fsp3) is 0.350. The molecular formula is C20H23F2N3O5. The molecule has 0 aliphatic carbocycles. The number of pyridine rings is 1. The molecule has 10 heteroatoms. The van der Waals surface area contributed by atoms with Gasteiger partial charge in [0.2, 0.25) is 5.82 Å². The summed E-state index contributed by atoms with van der Waals surface area (Å²) in [5.74, 6) is -4.14. The highest BCUT2D eigenvalue weighted by Gasteiger charge is 2.46. The van der Waals surface area contributed by atoms with Gasteiger partial charge in [-0.2, -0.15) is 4.39 Å². The molecule has 1 aliphatic rings. The summed E-state index contributed by atoms with van der Waals surface area (Å²) in [5, 5.41) is 2.68. The smallest absolute Gasteiger partial charge is 0.313 e. The first-order chi connectivity index (χ1) is 13.6. The van der Waals surface area contributed by atoms with Gasteiger partial charge in [-0.3, -0.25) is 9.59 Å². The van der Waals surface area contributed by atoms with Crippen molar-refractivity contribution in [1.29, 1.82) is 0 Å². The van der Waals surface area contributed by atoms with Gasteiger partial charge in [0.1, 0.15) is 6.10 Å². The maximum absolute atomic E-state index is 14.2. The number of ether oxygens (including phenoxy) is 2. The molecule has 1 aromatic carbocycles. The van der Waals surface area contributed by atoms with Gasteiger partial charge in [-0.1, -0.05) is 6.07 Å². The second kappa shape index (κ2) is 8.72. The molecule has 0 bridgehead atoms. The molecule has 3 rings (SSSR count). The standard InChI is InChI=1S/C20H21F2N3O4.H2O/c1-20(2)9-12(11-4-5-13(21)15(22)16(11)28-3)17(29-20)19(27)25-10-6-7-24-14(8-10)18(23)26;/h4-8,12,17H,9H2,1-3H3,(H2,23,26)(H,24,25,27);1H2/t12-,17+;/m0./s1. The van der Waals surface area contributed by atoms with Crippen molar-refractivity contribution < 1.29 is 38.3 Å². The van der Waals surface area contributed by atoms with Gasteiger partial charge in [0.25, 0.3) is 11.6 Å². The number of anilines is 1. The Kier molecular flexibility index (Phi) is 6.73. The molecule has 5 N–H and O–H groups in total. The van der Waals surface area contributed by atoms with E-state index in [1.54, 1.807) is 6.07 Å². The highest BCUT2D eigenvalue weighted by Crippen LogP contribution is 2.45. The minimum atomic E-state index is -1.11. The Morgan fingerprint density at radius 1 is 1.30 bits per heavy atom. The fourth-order valence-corrected chi connectivity index (χ4v) is 3.57. The summed E-state index contributed by atoms with van der Waals surface area (Å²) >= 11 is 0. The summed E-state index contributed by atoms with van der Waals surface area (Å²) in [6, 6.07) is 5.35.